The van der Waals surface area contributed by atoms with E-state index in [1.54, 1.807) is 0 Å². The largest absolute Gasteiger partial charge is 0.393 e. The summed E-state index contributed by atoms with van der Waals surface area (Å²) < 4.78 is 6.58. The van der Waals surface area contributed by atoms with Crippen LogP contribution < -0.4 is 0 Å². The summed E-state index contributed by atoms with van der Waals surface area (Å²) >= 11 is 0. The van der Waals surface area contributed by atoms with E-state index < -0.39 is 16.8 Å². The average Bonchev–Trinajstić information content (AvgIpc) is 3.27. The maximum atomic E-state index is 12.5. The molecule has 196 valence electrons. The number of rotatable bonds is 2. The standard InChI is InChI=1S/C30H52O4/c1-24(2)19-11-15-27(6)20(26(19,5)14-12-22(24)31)9-10-21-28(27,7)17-18-30(21,33)29(8)16-13-23(34-29)25(3,4)32/h19-23,31-33H,9-18H2,1-8H3/t19?,20?,21?,22-,23+,26+,27-,28-,29?,30-/m1/s1. The van der Waals surface area contributed by atoms with Crippen molar-refractivity contribution < 1.29 is 20.1 Å². The lowest BCUT2D eigenvalue weighted by Gasteiger charge is -2.70. The topological polar surface area (TPSA) is 69.9 Å². The van der Waals surface area contributed by atoms with Crippen LogP contribution >= 0.6 is 0 Å². The summed E-state index contributed by atoms with van der Waals surface area (Å²) in [5.74, 6) is 1.43. The number of aliphatic hydroxyl groups excluding tert-OH is 1. The third kappa shape index (κ3) is 2.98. The van der Waals surface area contributed by atoms with Gasteiger partial charge >= 0.3 is 0 Å². The van der Waals surface area contributed by atoms with Gasteiger partial charge in [0.05, 0.1) is 29.0 Å². The summed E-state index contributed by atoms with van der Waals surface area (Å²) in [6.45, 7) is 18.0. The average molecular weight is 477 g/mol. The lowest BCUT2D eigenvalue weighted by molar-refractivity contribution is -0.254. The molecule has 34 heavy (non-hydrogen) atoms. The highest BCUT2D eigenvalue weighted by Crippen LogP contribution is 2.76. The number of hydrogen-bond donors (Lipinski definition) is 3. The third-order valence-electron chi connectivity index (χ3n) is 13.4. The second-order valence-corrected chi connectivity index (χ2v) is 15.4. The molecule has 4 nitrogen and oxygen atoms in total. The summed E-state index contributed by atoms with van der Waals surface area (Å²) in [7, 11) is 0. The van der Waals surface area contributed by atoms with Crippen LogP contribution in [0.1, 0.15) is 120 Å². The number of fused-ring (bicyclic) bond motifs is 5. The van der Waals surface area contributed by atoms with E-state index in [-0.39, 0.29) is 39.8 Å². The van der Waals surface area contributed by atoms with Gasteiger partial charge in [-0.15, -0.1) is 0 Å². The molecule has 0 spiro atoms. The molecule has 5 aliphatic rings. The highest BCUT2D eigenvalue weighted by molar-refractivity contribution is 5.23. The van der Waals surface area contributed by atoms with Gasteiger partial charge in [-0.25, -0.2) is 0 Å². The molecule has 4 saturated carbocycles. The number of hydrogen-bond acceptors (Lipinski definition) is 4. The van der Waals surface area contributed by atoms with E-state index in [9.17, 15) is 15.3 Å². The normalized spacial score (nSPS) is 57.1. The van der Waals surface area contributed by atoms with Crippen LogP contribution in [0.5, 0.6) is 0 Å². The first-order valence-corrected chi connectivity index (χ1v) is 14.3. The first-order chi connectivity index (χ1) is 15.5. The zero-order valence-electron chi connectivity index (χ0n) is 23.2. The van der Waals surface area contributed by atoms with E-state index in [0.29, 0.717) is 11.8 Å². The van der Waals surface area contributed by atoms with Gasteiger partial charge in [-0.2, -0.15) is 0 Å². The maximum Gasteiger partial charge on any atom is 0.0967 e. The van der Waals surface area contributed by atoms with Crippen molar-refractivity contribution in [2.75, 3.05) is 0 Å². The van der Waals surface area contributed by atoms with Crippen LogP contribution in [0.2, 0.25) is 0 Å². The highest BCUT2D eigenvalue weighted by Gasteiger charge is 2.73. The molecule has 3 N–H and O–H groups in total. The molecule has 4 unspecified atom stereocenters. The molecular formula is C30H52O4. The second-order valence-electron chi connectivity index (χ2n) is 15.4. The first kappa shape index (κ1) is 25.5. The SMILES string of the molecule is CC(C)(O)[C@@H]1CCC(C)([C@@]2(O)CC[C@]3(C)C2CCC2[C@@]4(C)CC[C@@H](O)C(C)(C)C4CC[C@]23C)O1. The van der Waals surface area contributed by atoms with Crippen LogP contribution in [0.25, 0.3) is 0 Å². The van der Waals surface area contributed by atoms with Crippen molar-refractivity contribution in [2.24, 2.45) is 39.4 Å². The Morgan fingerprint density at radius 3 is 1.94 bits per heavy atom. The van der Waals surface area contributed by atoms with Gasteiger partial charge in [0.1, 0.15) is 0 Å². The molecular weight excluding hydrogens is 424 g/mol. The fraction of sp³-hybridized carbons (Fsp3) is 1.00. The summed E-state index contributed by atoms with van der Waals surface area (Å²) in [5, 5.41) is 34.0. The summed E-state index contributed by atoms with van der Waals surface area (Å²) in [4.78, 5) is 0. The monoisotopic (exact) mass is 476 g/mol. The zero-order valence-corrected chi connectivity index (χ0v) is 23.2. The quantitative estimate of drug-likeness (QED) is 0.467. The predicted octanol–water partition coefficient (Wildman–Crippen LogP) is 5.86. The predicted molar refractivity (Wildman–Crippen MR) is 135 cm³/mol. The molecule has 0 aromatic heterocycles. The van der Waals surface area contributed by atoms with Crippen molar-refractivity contribution in [1.29, 1.82) is 0 Å². The Bertz CT molecular complexity index is 832. The lowest BCUT2D eigenvalue weighted by atomic mass is 9.35. The first-order valence-electron chi connectivity index (χ1n) is 14.3. The Labute approximate surface area is 208 Å². The highest BCUT2D eigenvalue weighted by atomic mass is 16.5. The van der Waals surface area contributed by atoms with Gasteiger partial charge in [-0.05, 0) is 124 Å². The Morgan fingerprint density at radius 1 is 0.706 bits per heavy atom. The Hall–Kier alpha value is -0.160. The van der Waals surface area contributed by atoms with Gasteiger partial charge in [-0.3, -0.25) is 0 Å². The van der Waals surface area contributed by atoms with Crippen molar-refractivity contribution in [3.8, 4) is 0 Å². The van der Waals surface area contributed by atoms with Gasteiger partial charge < -0.3 is 20.1 Å². The summed E-state index contributed by atoms with van der Waals surface area (Å²) in [6.07, 6.45) is 9.72. The Morgan fingerprint density at radius 2 is 1.32 bits per heavy atom. The van der Waals surface area contributed by atoms with E-state index in [1.165, 1.54) is 19.3 Å². The minimum Gasteiger partial charge on any atom is -0.393 e. The van der Waals surface area contributed by atoms with Gasteiger partial charge in [0.25, 0.3) is 0 Å². The molecule has 0 amide bonds. The molecule has 1 aliphatic heterocycles. The molecule has 4 heteroatoms. The van der Waals surface area contributed by atoms with Crippen molar-refractivity contribution in [1.82, 2.24) is 0 Å². The zero-order chi connectivity index (χ0) is 25.2. The van der Waals surface area contributed by atoms with Crippen LogP contribution in [0.4, 0.5) is 0 Å². The van der Waals surface area contributed by atoms with Crippen LogP contribution in [-0.2, 0) is 4.74 Å². The molecule has 4 aliphatic carbocycles. The molecule has 10 atom stereocenters. The molecule has 5 rings (SSSR count). The third-order valence-corrected chi connectivity index (χ3v) is 13.4. The van der Waals surface area contributed by atoms with Crippen molar-refractivity contribution in [3.05, 3.63) is 0 Å². The molecule has 0 radical (unpaired) electrons. The summed E-state index contributed by atoms with van der Waals surface area (Å²) in [5.41, 5.74) is -1.82. The van der Waals surface area contributed by atoms with E-state index in [2.05, 4.69) is 41.5 Å². The van der Waals surface area contributed by atoms with Gasteiger partial charge in [-0.1, -0.05) is 34.6 Å². The molecule has 1 saturated heterocycles. The molecule has 5 fully saturated rings. The van der Waals surface area contributed by atoms with E-state index in [0.717, 1.165) is 44.9 Å². The Kier molecular flexibility index (Phi) is 5.42. The minimum absolute atomic E-state index is 0.0280. The number of ether oxygens (including phenoxy) is 1. The Balaban J connectivity index is 1.48. The second kappa shape index (κ2) is 7.23. The van der Waals surface area contributed by atoms with E-state index in [4.69, 9.17) is 4.74 Å². The molecule has 0 aromatic rings. The fourth-order valence-electron chi connectivity index (χ4n) is 11.1. The van der Waals surface area contributed by atoms with Crippen molar-refractivity contribution >= 4 is 0 Å². The fourth-order valence-corrected chi connectivity index (χ4v) is 11.1. The van der Waals surface area contributed by atoms with Crippen molar-refractivity contribution in [3.63, 3.8) is 0 Å². The molecule has 0 aromatic carbocycles. The van der Waals surface area contributed by atoms with Crippen LogP contribution in [-0.4, -0.2) is 44.3 Å². The van der Waals surface area contributed by atoms with E-state index in [1.807, 2.05) is 13.8 Å². The summed E-state index contributed by atoms with van der Waals surface area (Å²) in [6, 6.07) is 0. The maximum absolute atomic E-state index is 12.5. The van der Waals surface area contributed by atoms with Crippen molar-refractivity contribution in [2.45, 2.75) is 149 Å². The smallest absolute Gasteiger partial charge is 0.0967 e. The van der Waals surface area contributed by atoms with Crippen LogP contribution in [0, 0.1) is 39.4 Å². The molecule has 1 heterocycles. The van der Waals surface area contributed by atoms with Gasteiger partial charge in [0, 0.05) is 0 Å². The minimum atomic E-state index is -0.884. The number of aliphatic hydroxyl groups is 3. The van der Waals surface area contributed by atoms with Gasteiger partial charge in [0.15, 0.2) is 0 Å². The van der Waals surface area contributed by atoms with Gasteiger partial charge in [0.2, 0.25) is 0 Å². The van der Waals surface area contributed by atoms with Crippen LogP contribution in [0.3, 0.4) is 0 Å². The van der Waals surface area contributed by atoms with Crippen LogP contribution in [0.15, 0.2) is 0 Å². The lowest BCUT2D eigenvalue weighted by Crippen LogP contribution is -2.66. The molecule has 0 bridgehead atoms. The van der Waals surface area contributed by atoms with E-state index >= 15 is 0 Å².